The number of anilines is 5. The predicted molar refractivity (Wildman–Crippen MR) is 308 cm³/mol. The monoisotopic (exact) mass is 1210 g/mol. The van der Waals surface area contributed by atoms with Crippen LogP contribution >= 0.6 is 15.9 Å². The van der Waals surface area contributed by atoms with Crippen LogP contribution in [0.3, 0.4) is 0 Å². The summed E-state index contributed by atoms with van der Waals surface area (Å²) in [6.45, 7) is 1.81. The van der Waals surface area contributed by atoms with Gasteiger partial charge >= 0.3 is 23.7 Å². The third-order valence-electron chi connectivity index (χ3n) is 11.6. The summed E-state index contributed by atoms with van der Waals surface area (Å²) in [5.74, 6) is -2.36. The van der Waals surface area contributed by atoms with E-state index in [4.69, 9.17) is 36.9 Å². The minimum Gasteiger partial charge on any atom is -0.476 e. The summed E-state index contributed by atoms with van der Waals surface area (Å²) in [6, 6.07) is 21.2. The smallest absolute Gasteiger partial charge is 0.434 e. The maximum Gasteiger partial charge on any atom is 0.434 e. The van der Waals surface area contributed by atoms with E-state index in [0.717, 1.165) is 30.6 Å². The number of H-pyrrole nitrogens is 1. The molecular weight excluding hydrogens is 1160 g/mol. The van der Waals surface area contributed by atoms with Crippen molar-refractivity contribution in [3.05, 3.63) is 141 Å². The molecule has 10 rings (SSSR count). The van der Waals surface area contributed by atoms with Crippen molar-refractivity contribution in [2.75, 3.05) is 90.3 Å². The van der Waals surface area contributed by atoms with Gasteiger partial charge in [-0.2, -0.15) is 0 Å². The van der Waals surface area contributed by atoms with E-state index in [1.165, 1.54) is 40.4 Å². The van der Waals surface area contributed by atoms with E-state index < -0.39 is 17.7 Å². The Balaban J connectivity index is 0.000000166. The summed E-state index contributed by atoms with van der Waals surface area (Å²) in [5, 5.41) is 22.9. The molecule has 0 saturated carbocycles. The molecular formula is C53H53BrN20O10. The zero-order valence-electron chi connectivity index (χ0n) is 45.9. The molecule has 9 aromatic rings. The zero-order valence-corrected chi connectivity index (χ0v) is 47.5. The number of hydrogen-bond donors (Lipinski definition) is 6. The minimum atomic E-state index is -1.23. The van der Waals surface area contributed by atoms with Gasteiger partial charge in [0, 0.05) is 88.8 Å². The van der Waals surface area contributed by atoms with Crippen LogP contribution in [0.25, 0.3) is 56.9 Å². The summed E-state index contributed by atoms with van der Waals surface area (Å²) in [5.41, 5.74) is 28.2. The molecule has 3 aromatic carbocycles. The number of ether oxygens (including phenoxy) is 1. The number of nitrogens with two attached hydrogens (primary N) is 4. The maximum atomic E-state index is 12.0. The largest absolute Gasteiger partial charge is 0.476 e. The van der Waals surface area contributed by atoms with Gasteiger partial charge < -0.3 is 61.2 Å². The molecule has 0 aliphatic carbocycles. The van der Waals surface area contributed by atoms with Crippen molar-refractivity contribution in [1.82, 2.24) is 75.0 Å². The normalized spacial score (nSPS) is 11.2. The molecule has 1 saturated heterocycles. The first-order valence-corrected chi connectivity index (χ1v) is 25.4. The number of hydrogen-bond acceptors (Lipinski definition) is 25. The molecule has 432 valence electrons. The first kappa shape index (κ1) is 60.5. The molecule has 0 atom stereocenters. The number of esters is 1. The molecule has 0 radical (unpaired) electrons. The van der Waals surface area contributed by atoms with Gasteiger partial charge in [0.05, 0.1) is 49.0 Å². The second kappa shape index (κ2) is 26.9. The van der Waals surface area contributed by atoms with Gasteiger partial charge in [0.25, 0.3) is 29.5 Å². The van der Waals surface area contributed by atoms with Gasteiger partial charge in [0.2, 0.25) is 0 Å². The van der Waals surface area contributed by atoms with Crippen molar-refractivity contribution < 1.29 is 42.7 Å². The molecule has 7 heterocycles. The molecule has 1 fully saturated rings. The molecule has 84 heavy (non-hydrogen) atoms. The van der Waals surface area contributed by atoms with E-state index >= 15 is 0 Å². The highest BCUT2D eigenvalue weighted by molar-refractivity contribution is 9.10. The highest BCUT2D eigenvalue weighted by atomic mass is 79.9. The molecule has 31 heteroatoms. The fraction of sp³-hybridized carbons (Fsp3) is 0.189. The first-order chi connectivity index (χ1) is 40.0. The maximum absolute atomic E-state index is 12.0. The summed E-state index contributed by atoms with van der Waals surface area (Å²) in [4.78, 5) is 108. The van der Waals surface area contributed by atoms with Gasteiger partial charge in [0.15, 0.2) is 46.0 Å². The van der Waals surface area contributed by atoms with Crippen molar-refractivity contribution in [3.8, 4) is 56.9 Å². The number of carboxylic acid groups (broad SMARTS) is 1. The Labute approximate surface area is 485 Å². The molecule has 10 N–H and O–H groups in total. The minimum absolute atomic E-state index is 0.0203. The van der Waals surface area contributed by atoms with Gasteiger partial charge in [-0.15, -0.1) is 10.2 Å². The highest BCUT2D eigenvalue weighted by Gasteiger charge is 2.24. The first-order valence-electron chi connectivity index (χ1n) is 24.6. The van der Waals surface area contributed by atoms with Crippen LogP contribution in [-0.4, -0.2) is 172 Å². The van der Waals surface area contributed by atoms with Gasteiger partial charge in [-0.3, -0.25) is 14.4 Å². The number of rotatable bonds is 11. The fourth-order valence-electron chi connectivity index (χ4n) is 7.11. The third kappa shape index (κ3) is 14.8. The number of nitrogens with zero attached hydrogens (tertiary/aromatic N) is 15. The second-order valence-corrected chi connectivity index (χ2v) is 19.0. The quantitative estimate of drug-likeness (QED) is 0.0988. The molecule has 1 aliphatic heterocycles. The van der Waals surface area contributed by atoms with Gasteiger partial charge in [-0.1, -0.05) is 41.5 Å². The highest BCUT2D eigenvalue weighted by Crippen LogP contribution is 2.29. The molecule has 30 nitrogen and oxygen atoms in total. The summed E-state index contributed by atoms with van der Waals surface area (Å²) in [6.07, 6.45) is 6.98. The van der Waals surface area contributed by atoms with Gasteiger partial charge in [0.1, 0.15) is 4.60 Å². The average molecular weight is 1210 g/mol. The topological polar surface area (TPSA) is 433 Å². The van der Waals surface area contributed by atoms with Gasteiger partial charge in [-0.05, 0) is 58.7 Å². The summed E-state index contributed by atoms with van der Waals surface area (Å²) in [7, 11) is 11.4. The van der Waals surface area contributed by atoms with E-state index in [-0.39, 0.29) is 69.9 Å². The lowest BCUT2D eigenvalue weighted by atomic mass is 10.1. The van der Waals surface area contributed by atoms with Gasteiger partial charge in [-0.25, -0.2) is 59.4 Å². The Morgan fingerprint density at radius 2 is 0.988 bits per heavy atom. The molecule has 0 spiro atoms. The Morgan fingerprint density at radius 3 is 1.38 bits per heavy atom. The molecule has 3 amide bonds. The Morgan fingerprint density at radius 1 is 0.571 bits per heavy atom. The second-order valence-electron chi connectivity index (χ2n) is 18.2. The lowest BCUT2D eigenvalue weighted by molar-refractivity contribution is 0.0593. The van der Waals surface area contributed by atoms with Crippen LogP contribution in [0.2, 0.25) is 0 Å². The van der Waals surface area contributed by atoms with Crippen LogP contribution in [0.15, 0.2) is 116 Å². The number of aromatic nitrogens is 12. The SMILES string of the molecule is CN(C)C(=O)c1ccc(-c2cnc(N)c(-c3n[nH]c(=O)o3)n2)cc1.CN(C)C(=O)c1ccc(-c2cnc(N)c(-c3nnc(N4CCC4)o3)n2)cc1.CN(C)C(=O)c1ccc(-c2cnc(N)c(C(=O)O)n2)cc1.COC(=O)c1nc(Br)cnc1N. The number of nitrogen functional groups attached to an aromatic ring is 4. The van der Waals surface area contributed by atoms with Crippen molar-refractivity contribution in [2.24, 2.45) is 0 Å². The number of methoxy groups -OCH3 is 1. The Kier molecular flexibility index (Phi) is 19.4. The number of halogens is 1. The number of carbonyl (C=O) groups is 5. The number of nitrogens with one attached hydrogen (secondary N) is 1. The van der Waals surface area contributed by atoms with Crippen LogP contribution < -0.4 is 33.6 Å². The van der Waals surface area contributed by atoms with E-state index in [9.17, 15) is 28.8 Å². The van der Waals surface area contributed by atoms with Crippen LogP contribution in [0.1, 0.15) is 58.5 Å². The van der Waals surface area contributed by atoms with E-state index in [1.807, 2.05) is 17.0 Å². The summed E-state index contributed by atoms with van der Waals surface area (Å²) >= 11 is 3.06. The Hall–Kier alpha value is -11.1. The predicted octanol–water partition coefficient (Wildman–Crippen LogP) is 4.19. The lowest BCUT2D eigenvalue weighted by Crippen LogP contribution is -2.37. The lowest BCUT2D eigenvalue weighted by Gasteiger charge is -2.28. The zero-order chi connectivity index (χ0) is 60.9. The van der Waals surface area contributed by atoms with E-state index in [0.29, 0.717) is 55.6 Å². The van der Waals surface area contributed by atoms with E-state index in [2.05, 4.69) is 80.9 Å². The number of carboxylic acids is 1. The Bertz CT molecular complexity index is 3910. The van der Waals surface area contributed by atoms with Crippen molar-refractivity contribution in [3.63, 3.8) is 0 Å². The summed E-state index contributed by atoms with van der Waals surface area (Å²) < 4.78 is 15.4. The third-order valence-corrected chi connectivity index (χ3v) is 12.0. The van der Waals surface area contributed by atoms with Crippen LogP contribution in [-0.2, 0) is 4.74 Å². The number of aromatic carboxylic acids is 1. The molecule has 0 unspecified atom stereocenters. The number of carbonyl (C=O) groups excluding carboxylic acids is 4. The molecule has 1 aliphatic rings. The van der Waals surface area contributed by atoms with E-state index in [1.54, 1.807) is 109 Å². The van der Waals surface area contributed by atoms with Crippen molar-refractivity contribution in [1.29, 1.82) is 0 Å². The van der Waals surface area contributed by atoms with Crippen LogP contribution in [0.5, 0.6) is 0 Å². The van der Waals surface area contributed by atoms with Crippen LogP contribution in [0.4, 0.5) is 29.3 Å². The molecule has 0 bridgehead atoms. The van der Waals surface area contributed by atoms with Crippen molar-refractivity contribution >= 4 is 74.9 Å². The standard InChI is InChI=1S/C18H19N7O2.C15H14N6O3.C14H14N4O3.C6H6BrN3O2/c1-24(2)17(26)12-6-4-11(5-7-12)13-10-20-15(19)14(21-13)16-22-23-18(27-16)25-8-3-9-25;1-21(2)14(22)9-5-3-8(4-6-9)10-7-17-12(16)11(18-10)13-19-20-15(23)24-13;1-18(2)13(19)9-5-3-8(4-6-9)10-7-16-12(15)11(17-10)14(20)21;1-12-6(11)4-5(8)9-2-3(7)10-4/h4-7,10H,3,8-9H2,1-2H3,(H2,19,20);3-7H,1-2H3,(H2,16,17)(H,20,23);3-7H,1-2H3,(H2,15,16)(H,20,21);2H,1H3,(H2,8,9). The number of amides is 3. The fourth-order valence-corrected chi connectivity index (χ4v) is 7.39. The number of benzene rings is 3. The van der Waals surface area contributed by atoms with Crippen LogP contribution in [0, 0.1) is 0 Å². The van der Waals surface area contributed by atoms with Crippen molar-refractivity contribution in [2.45, 2.75) is 6.42 Å². The average Bonchev–Trinajstić information content (AvgIpc) is 4.28. The molecule has 6 aromatic heterocycles. The number of aromatic amines is 1.